The van der Waals surface area contributed by atoms with Gasteiger partial charge in [-0.25, -0.2) is 9.18 Å². The molecule has 6 heteroatoms. The number of nitriles is 1. The van der Waals surface area contributed by atoms with E-state index >= 15 is 0 Å². The summed E-state index contributed by atoms with van der Waals surface area (Å²) in [7, 11) is 1.43. The zero-order chi connectivity index (χ0) is 15.2. The highest BCUT2D eigenvalue weighted by atomic mass is 19.1. The first-order valence-corrected chi connectivity index (χ1v) is 6.04. The third kappa shape index (κ3) is 3.48. The molecule has 21 heavy (non-hydrogen) atoms. The molecule has 0 aliphatic rings. The molecule has 2 amide bonds. The average molecular weight is 285 g/mol. The predicted molar refractivity (Wildman–Crippen MR) is 76.8 cm³/mol. The molecule has 0 heterocycles. The normalized spacial score (nSPS) is 9.57. The third-order valence-corrected chi connectivity index (χ3v) is 2.70. The molecule has 2 aromatic rings. The van der Waals surface area contributed by atoms with E-state index in [0.29, 0.717) is 17.0 Å². The van der Waals surface area contributed by atoms with Crippen LogP contribution in [0.15, 0.2) is 42.5 Å². The van der Waals surface area contributed by atoms with Gasteiger partial charge in [-0.05, 0) is 24.3 Å². The molecule has 0 radical (unpaired) electrons. The van der Waals surface area contributed by atoms with E-state index in [1.807, 2.05) is 6.07 Å². The Morgan fingerprint density at radius 1 is 1.19 bits per heavy atom. The number of amides is 2. The number of anilines is 2. The van der Waals surface area contributed by atoms with Gasteiger partial charge in [0.1, 0.15) is 11.6 Å². The molecule has 0 spiro atoms. The number of carbonyl (C=O) groups is 1. The van der Waals surface area contributed by atoms with E-state index in [0.717, 1.165) is 0 Å². The predicted octanol–water partition coefficient (Wildman–Crippen LogP) is 3.35. The number of ether oxygens (including phenoxy) is 1. The van der Waals surface area contributed by atoms with E-state index in [2.05, 4.69) is 10.6 Å². The maximum absolute atomic E-state index is 13.4. The van der Waals surface area contributed by atoms with Crippen molar-refractivity contribution in [1.29, 1.82) is 5.26 Å². The SMILES string of the molecule is COc1cc(C#N)ccc1NC(=O)Nc1ccccc1F. The number of hydrogen-bond acceptors (Lipinski definition) is 3. The van der Waals surface area contributed by atoms with Crippen molar-refractivity contribution in [3.63, 3.8) is 0 Å². The number of carbonyl (C=O) groups excluding carboxylic acids is 1. The maximum atomic E-state index is 13.4. The van der Waals surface area contributed by atoms with Crippen LogP contribution in [0.25, 0.3) is 0 Å². The lowest BCUT2D eigenvalue weighted by molar-refractivity contribution is 0.262. The van der Waals surface area contributed by atoms with Crippen molar-refractivity contribution in [1.82, 2.24) is 0 Å². The van der Waals surface area contributed by atoms with Crippen molar-refractivity contribution in [2.75, 3.05) is 17.7 Å². The maximum Gasteiger partial charge on any atom is 0.323 e. The second-order valence-corrected chi connectivity index (χ2v) is 4.09. The number of urea groups is 1. The van der Waals surface area contributed by atoms with Crippen LogP contribution in [0.2, 0.25) is 0 Å². The molecule has 0 atom stereocenters. The van der Waals surface area contributed by atoms with E-state index < -0.39 is 11.8 Å². The van der Waals surface area contributed by atoms with Gasteiger partial charge in [0.2, 0.25) is 0 Å². The molecule has 5 nitrogen and oxygen atoms in total. The van der Waals surface area contributed by atoms with Gasteiger partial charge in [-0.2, -0.15) is 5.26 Å². The molecule has 0 unspecified atom stereocenters. The number of nitrogens with zero attached hydrogens (tertiary/aromatic N) is 1. The number of para-hydroxylation sites is 1. The molecule has 0 fully saturated rings. The van der Waals surface area contributed by atoms with Crippen LogP contribution in [0.3, 0.4) is 0 Å². The average Bonchev–Trinajstić information content (AvgIpc) is 2.50. The molecule has 0 aromatic heterocycles. The lowest BCUT2D eigenvalue weighted by atomic mass is 10.2. The quantitative estimate of drug-likeness (QED) is 0.908. The number of rotatable bonds is 3. The van der Waals surface area contributed by atoms with Crippen LogP contribution in [0.1, 0.15) is 5.56 Å². The van der Waals surface area contributed by atoms with Gasteiger partial charge >= 0.3 is 6.03 Å². The highest BCUT2D eigenvalue weighted by Gasteiger charge is 2.10. The summed E-state index contributed by atoms with van der Waals surface area (Å²) in [6.07, 6.45) is 0. The summed E-state index contributed by atoms with van der Waals surface area (Å²) in [4.78, 5) is 11.8. The first kappa shape index (κ1) is 14.3. The Kier molecular flexibility index (Phi) is 4.36. The minimum atomic E-state index is -0.608. The molecule has 0 aliphatic carbocycles. The molecule has 0 saturated carbocycles. The zero-order valence-corrected chi connectivity index (χ0v) is 11.2. The van der Waals surface area contributed by atoms with Gasteiger partial charge < -0.3 is 15.4 Å². The standard InChI is InChI=1S/C15H12FN3O2/c1-21-14-8-10(9-17)6-7-13(14)19-15(20)18-12-5-3-2-4-11(12)16/h2-8H,1H3,(H2,18,19,20). The van der Waals surface area contributed by atoms with E-state index in [1.54, 1.807) is 12.1 Å². The van der Waals surface area contributed by atoms with Crippen LogP contribution in [0.5, 0.6) is 5.75 Å². The fraction of sp³-hybridized carbons (Fsp3) is 0.0667. The van der Waals surface area contributed by atoms with E-state index in [9.17, 15) is 9.18 Å². The largest absolute Gasteiger partial charge is 0.495 e. The molecule has 2 aromatic carbocycles. The third-order valence-electron chi connectivity index (χ3n) is 2.70. The van der Waals surface area contributed by atoms with E-state index in [4.69, 9.17) is 10.00 Å². The highest BCUT2D eigenvalue weighted by Crippen LogP contribution is 2.25. The summed E-state index contributed by atoms with van der Waals surface area (Å²) >= 11 is 0. The Labute approximate surface area is 121 Å². The van der Waals surface area contributed by atoms with Crippen molar-refractivity contribution >= 4 is 17.4 Å². The molecular weight excluding hydrogens is 273 g/mol. The summed E-state index contributed by atoms with van der Waals surface area (Å²) in [6.45, 7) is 0. The van der Waals surface area contributed by atoms with Gasteiger partial charge in [-0.3, -0.25) is 0 Å². The van der Waals surface area contributed by atoms with Crippen molar-refractivity contribution in [3.8, 4) is 11.8 Å². The van der Waals surface area contributed by atoms with Crippen molar-refractivity contribution in [2.45, 2.75) is 0 Å². The van der Waals surface area contributed by atoms with Crippen LogP contribution in [0, 0.1) is 17.1 Å². The molecular formula is C15H12FN3O2. The van der Waals surface area contributed by atoms with Gasteiger partial charge in [-0.1, -0.05) is 12.1 Å². The Hall–Kier alpha value is -3.07. The minimum absolute atomic E-state index is 0.0719. The van der Waals surface area contributed by atoms with Gasteiger partial charge in [0.15, 0.2) is 0 Å². The summed E-state index contributed by atoms with van der Waals surface area (Å²) in [5.41, 5.74) is 0.861. The zero-order valence-electron chi connectivity index (χ0n) is 11.2. The fourth-order valence-corrected chi connectivity index (χ4v) is 1.70. The Bertz CT molecular complexity index is 710. The fourth-order valence-electron chi connectivity index (χ4n) is 1.70. The van der Waals surface area contributed by atoms with Crippen molar-refractivity contribution < 1.29 is 13.9 Å². The number of halogens is 1. The Morgan fingerprint density at radius 2 is 1.90 bits per heavy atom. The highest BCUT2D eigenvalue weighted by molar-refractivity contribution is 6.00. The molecule has 2 N–H and O–H groups in total. The smallest absolute Gasteiger partial charge is 0.323 e. The Balaban J connectivity index is 2.13. The van der Waals surface area contributed by atoms with Crippen molar-refractivity contribution in [2.24, 2.45) is 0 Å². The van der Waals surface area contributed by atoms with Crippen LogP contribution in [-0.4, -0.2) is 13.1 Å². The van der Waals surface area contributed by atoms with Crippen LogP contribution < -0.4 is 15.4 Å². The van der Waals surface area contributed by atoms with Crippen LogP contribution >= 0.6 is 0 Å². The molecule has 0 aliphatic heterocycles. The number of methoxy groups -OCH3 is 1. The van der Waals surface area contributed by atoms with Gasteiger partial charge in [-0.15, -0.1) is 0 Å². The van der Waals surface area contributed by atoms with Crippen molar-refractivity contribution in [3.05, 3.63) is 53.8 Å². The molecule has 106 valence electrons. The number of nitrogens with one attached hydrogen (secondary N) is 2. The summed E-state index contributed by atoms with van der Waals surface area (Å²) in [5.74, 6) is -0.183. The van der Waals surface area contributed by atoms with Crippen LogP contribution in [-0.2, 0) is 0 Å². The van der Waals surface area contributed by atoms with Crippen LogP contribution in [0.4, 0.5) is 20.6 Å². The summed E-state index contributed by atoms with van der Waals surface area (Å²) in [6, 6.07) is 11.8. The van der Waals surface area contributed by atoms with Gasteiger partial charge in [0, 0.05) is 6.07 Å². The first-order chi connectivity index (χ1) is 10.1. The summed E-state index contributed by atoms with van der Waals surface area (Å²) < 4.78 is 18.5. The van der Waals surface area contributed by atoms with Gasteiger partial charge in [0.25, 0.3) is 0 Å². The van der Waals surface area contributed by atoms with Gasteiger partial charge in [0.05, 0.1) is 30.1 Å². The Morgan fingerprint density at radius 3 is 2.57 bits per heavy atom. The molecule has 0 saturated heterocycles. The van der Waals surface area contributed by atoms with E-state index in [-0.39, 0.29) is 5.69 Å². The molecule has 2 rings (SSSR count). The van der Waals surface area contributed by atoms with E-state index in [1.165, 1.54) is 37.4 Å². The molecule has 0 bridgehead atoms. The number of hydrogen-bond donors (Lipinski definition) is 2. The lowest BCUT2D eigenvalue weighted by Gasteiger charge is -2.11. The lowest BCUT2D eigenvalue weighted by Crippen LogP contribution is -2.20. The summed E-state index contributed by atoms with van der Waals surface area (Å²) in [5, 5.41) is 13.7. The minimum Gasteiger partial charge on any atom is -0.495 e. The number of benzene rings is 2. The second-order valence-electron chi connectivity index (χ2n) is 4.09. The second kappa shape index (κ2) is 6.39. The first-order valence-electron chi connectivity index (χ1n) is 6.04. The topological polar surface area (TPSA) is 74.1 Å². The monoisotopic (exact) mass is 285 g/mol.